The first-order valence-corrected chi connectivity index (χ1v) is 6.26. The third-order valence-corrected chi connectivity index (χ3v) is 3.56. The van der Waals surface area contributed by atoms with Crippen molar-refractivity contribution in [2.75, 3.05) is 6.54 Å². The van der Waals surface area contributed by atoms with Crippen LogP contribution in [0.15, 0.2) is 36.9 Å². The largest absolute Gasteiger partial charge is 0.437 e. The summed E-state index contributed by atoms with van der Waals surface area (Å²) < 4.78 is 2.00. The van der Waals surface area contributed by atoms with Crippen molar-refractivity contribution >= 4 is 7.05 Å². The minimum atomic E-state index is -0.380. The van der Waals surface area contributed by atoms with Crippen LogP contribution in [-0.2, 0) is 13.0 Å². The molecule has 3 rings (SSSR count). The number of nitrogens with zero attached hydrogens (tertiary/aromatic N) is 3. The second-order valence-electron chi connectivity index (χ2n) is 4.78. The van der Waals surface area contributed by atoms with Crippen molar-refractivity contribution in [3.8, 4) is 5.69 Å². The molecule has 92 valence electrons. The molecule has 1 aliphatic heterocycles. The maximum atomic E-state index is 9.67. The van der Waals surface area contributed by atoms with Crippen molar-refractivity contribution in [1.82, 2.24) is 14.4 Å². The predicted molar refractivity (Wildman–Crippen MR) is 71.5 cm³/mol. The highest BCUT2D eigenvalue weighted by atomic mass is 16.2. The van der Waals surface area contributed by atoms with Crippen molar-refractivity contribution in [2.24, 2.45) is 0 Å². The summed E-state index contributed by atoms with van der Waals surface area (Å²) in [4.78, 5) is 6.15. The third kappa shape index (κ3) is 2.07. The molecule has 0 saturated carbocycles. The van der Waals surface area contributed by atoms with E-state index in [9.17, 15) is 5.02 Å². The van der Waals surface area contributed by atoms with Crippen molar-refractivity contribution in [3.05, 3.63) is 48.0 Å². The van der Waals surface area contributed by atoms with E-state index >= 15 is 0 Å². The Morgan fingerprint density at radius 2 is 2.22 bits per heavy atom. The lowest BCUT2D eigenvalue weighted by Crippen LogP contribution is -2.40. The Bertz CT molecular complexity index is 539. The quantitative estimate of drug-likeness (QED) is 0.806. The number of hydrogen-bond donors (Lipinski definition) is 1. The molecule has 0 bridgehead atoms. The molecule has 1 aromatic carbocycles. The number of benzene rings is 1. The van der Waals surface area contributed by atoms with E-state index in [1.165, 1.54) is 11.1 Å². The summed E-state index contributed by atoms with van der Waals surface area (Å²) in [6.07, 6.45) is 6.53. The van der Waals surface area contributed by atoms with Gasteiger partial charge in [0.2, 0.25) is 0 Å². The Labute approximate surface area is 107 Å². The third-order valence-electron chi connectivity index (χ3n) is 3.56. The van der Waals surface area contributed by atoms with Crippen LogP contribution < -0.4 is 0 Å². The average molecular weight is 241 g/mol. The van der Waals surface area contributed by atoms with Crippen LogP contribution in [0.5, 0.6) is 0 Å². The number of aromatic nitrogens is 2. The lowest BCUT2D eigenvalue weighted by Gasteiger charge is -2.29. The number of rotatable bonds is 2. The first-order chi connectivity index (χ1) is 8.74. The molecule has 0 atom stereocenters. The minimum absolute atomic E-state index is 0.380. The summed E-state index contributed by atoms with van der Waals surface area (Å²) in [6, 6.07) is 6.49. The molecule has 4 nitrogen and oxygen atoms in total. The van der Waals surface area contributed by atoms with Crippen LogP contribution >= 0.6 is 0 Å². The Morgan fingerprint density at radius 1 is 1.33 bits per heavy atom. The van der Waals surface area contributed by atoms with E-state index in [0.717, 1.165) is 25.2 Å². The van der Waals surface area contributed by atoms with Gasteiger partial charge in [0.1, 0.15) is 0 Å². The Morgan fingerprint density at radius 3 is 2.94 bits per heavy atom. The van der Waals surface area contributed by atoms with E-state index in [2.05, 4.69) is 28.0 Å². The van der Waals surface area contributed by atoms with Crippen LogP contribution in [0.3, 0.4) is 0 Å². The van der Waals surface area contributed by atoms with Crippen LogP contribution in [-0.4, -0.2) is 33.0 Å². The molecular weight excluding hydrogens is 225 g/mol. The highest BCUT2D eigenvalue weighted by Gasteiger charge is 2.22. The maximum absolute atomic E-state index is 9.67. The number of hydrogen-bond acceptors (Lipinski definition) is 3. The van der Waals surface area contributed by atoms with Gasteiger partial charge < -0.3 is 14.4 Å². The molecule has 1 aromatic heterocycles. The fourth-order valence-electron chi connectivity index (χ4n) is 2.46. The van der Waals surface area contributed by atoms with Gasteiger partial charge in [-0.25, -0.2) is 4.98 Å². The molecule has 0 aliphatic carbocycles. The number of imidazole rings is 1. The maximum Gasteiger partial charge on any atom is 0.376 e. The van der Waals surface area contributed by atoms with E-state index in [-0.39, 0.29) is 7.05 Å². The van der Waals surface area contributed by atoms with E-state index < -0.39 is 0 Å². The molecule has 5 heteroatoms. The summed E-state index contributed by atoms with van der Waals surface area (Å²) >= 11 is 0. The monoisotopic (exact) mass is 241 g/mol. The molecule has 1 N–H and O–H groups in total. The summed E-state index contributed by atoms with van der Waals surface area (Å²) in [5.41, 5.74) is 3.81. The van der Waals surface area contributed by atoms with Gasteiger partial charge in [-0.1, -0.05) is 6.07 Å². The molecule has 0 fully saturated rings. The van der Waals surface area contributed by atoms with Gasteiger partial charge in [0, 0.05) is 24.6 Å². The smallest absolute Gasteiger partial charge is 0.376 e. The highest BCUT2D eigenvalue weighted by molar-refractivity contribution is 6.45. The lowest BCUT2D eigenvalue weighted by atomic mass is 9.81. The van der Waals surface area contributed by atoms with Crippen LogP contribution in [0, 0.1) is 0 Å². The van der Waals surface area contributed by atoms with E-state index in [1.807, 2.05) is 17.6 Å². The fourth-order valence-corrected chi connectivity index (χ4v) is 2.46. The topological polar surface area (TPSA) is 41.3 Å². The fraction of sp³-hybridized carbons (Fsp3) is 0.308. The molecule has 2 heterocycles. The lowest BCUT2D eigenvalue weighted by molar-refractivity contribution is 0.347. The molecule has 1 aliphatic rings. The molecule has 0 radical (unpaired) electrons. The molecule has 0 unspecified atom stereocenters. The van der Waals surface area contributed by atoms with Gasteiger partial charge in [-0.2, -0.15) is 0 Å². The second-order valence-corrected chi connectivity index (χ2v) is 4.78. The molecule has 2 aromatic rings. The van der Waals surface area contributed by atoms with E-state index in [4.69, 9.17) is 0 Å². The first-order valence-electron chi connectivity index (χ1n) is 6.26. The zero-order valence-electron chi connectivity index (χ0n) is 10.5. The minimum Gasteiger partial charge on any atom is -0.437 e. The standard InChI is InChI=1S/C13H16BN3O/c1-14(18)17-6-4-11-2-3-13(8-12(11)9-17)16-7-5-15-10-16/h2-3,5,7-8,10,18H,4,6,9H2,1H3. The van der Waals surface area contributed by atoms with Gasteiger partial charge in [-0.3, -0.25) is 0 Å². The zero-order chi connectivity index (χ0) is 12.5. The molecular formula is C13H16BN3O. The van der Waals surface area contributed by atoms with Crippen LogP contribution in [0.4, 0.5) is 0 Å². The summed E-state index contributed by atoms with van der Waals surface area (Å²) in [5, 5.41) is 9.67. The van der Waals surface area contributed by atoms with Gasteiger partial charge in [0.25, 0.3) is 0 Å². The average Bonchev–Trinajstić information content (AvgIpc) is 2.91. The molecule has 0 spiro atoms. The first kappa shape index (κ1) is 11.5. The van der Waals surface area contributed by atoms with Crippen LogP contribution in [0.1, 0.15) is 11.1 Å². The van der Waals surface area contributed by atoms with Crippen LogP contribution in [0.25, 0.3) is 5.69 Å². The van der Waals surface area contributed by atoms with Crippen molar-refractivity contribution in [2.45, 2.75) is 19.8 Å². The normalized spacial score (nSPS) is 15.4. The Kier molecular flexibility index (Phi) is 2.93. The summed E-state index contributed by atoms with van der Waals surface area (Å²) in [7, 11) is -0.380. The van der Waals surface area contributed by atoms with E-state index in [0.29, 0.717) is 0 Å². The molecule has 0 amide bonds. The van der Waals surface area contributed by atoms with Crippen molar-refractivity contribution < 1.29 is 5.02 Å². The second kappa shape index (κ2) is 4.59. The van der Waals surface area contributed by atoms with Gasteiger partial charge in [0.15, 0.2) is 0 Å². The predicted octanol–water partition coefficient (Wildman–Crippen LogP) is 1.34. The highest BCUT2D eigenvalue weighted by Crippen LogP contribution is 2.22. The Balaban J connectivity index is 1.93. The van der Waals surface area contributed by atoms with Crippen molar-refractivity contribution in [1.29, 1.82) is 0 Å². The van der Waals surface area contributed by atoms with Gasteiger partial charge in [-0.15, -0.1) is 0 Å². The van der Waals surface area contributed by atoms with Crippen LogP contribution in [0.2, 0.25) is 6.82 Å². The molecule has 0 saturated heterocycles. The SMILES string of the molecule is CB(O)N1CCc2ccc(-n3ccnc3)cc2C1. The van der Waals surface area contributed by atoms with Gasteiger partial charge in [-0.05, 0) is 43.0 Å². The zero-order valence-corrected chi connectivity index (χ0v) is 10.5. The summed E-state index contributed by atoms with van der Waals surface area (Å²) in [6.45, 7) is 3.56. The molecule has 18 heavy (non-hydrogen) atoms. The summed E-state index contributed by atoms with van der Waals surface area (Å²) in [5.74, 6) is 0. The van der Waals surface area contributed by atoms with E-state index in [1.54, 1.807) is 12.5 Å². The van der Waals surface area contributed by atoms with Gasteiger partial charge >= 0.3 is 7.05 Å². The Hall–Kier alpha value is -1.59. The van der Waals surface area contributed by atoms with Crippen molar-refractivity contribution in [3.63, 3.8) is 0 Å². The van der Waals surface area contributed by atoms with Gasteiger partial charge in [0.05, 0.1) is 6.33 Å². The number of fused-ring (bicyclic) bond motifs is 1.